The van der Waals surface area contributed by atoms with Crippen molar-refractivity contribution in [2.45, 2.75) is 52.3 Å². The van der Waals surface area contributed by atoms with Crippen molar-refractivity contribution in [1.29, 1.82) is 0 Å². The zero-order valence-electron chi connectivity index (χ0n) is 11.8. The average molecular weight is 280 g/mol. The van der Waals surface area contributed by atoms with E-state index in [1.54, 1.807) is 20.8 Å². The van der Waals surface area contributed by atoms with Crippen LogP contribution < -0.4 is 5.73 Å². The maximum absolute atomic E-state index is 12.7. The standard InChI is InChI=1S/C13H23F3N2O/c1-4-12(3,7-17)11(19)18(8-13(14,15)16)9(2)10-5-6-10/h9-10H,4-8,17H2,1-3H3. The van der Waals surface area contributed by atoms with Crippen LogP contribution in [0.1, 0.15) is 40.0 Å². The summed E-state index contributed by atoms with van der Waals surface area (Å²) >= 11 is 0. The molecule has 0 aliphatic heterocycles. The van der Waals surface area contributed by atoms with Gasteiger partial charge in [0.05, 0.1) is 5.41 Å². The van der Waals surface area contributed by atoms with Crippen LogP contribution in [0.3, 0.4) is 0 Å². The number of alkyl halides is 3. The Bertz CT molecular complexity index is 322. The van der Waals surface area contributed by atoms with E-state index < -0.39 is 24.0 Å². The predicted octanol–water partition coefficient (Wildman–Crippen LogP) is 2.55. The highest BCUT2D eigenvalue weighted by atomic mass is 19.4. The van der Waals surface area contributed by atoms with Gasteiger partial charge in [0.2, 0.25) is 5.91 Å². The molecule has 3 nitrogen and oxygen atoms in total. The fraction of sp³-hybridized carbons (Fsp3) is 0.923. The van der Waals surface area contributed by atoms with E-state index in [1.807, 2.05) is 0 Å². The van der Waals surface area contributed by atoms with Gasteiger partial charge in [0.15, 0.2) is 0 Å². The Kier molecular flexibility index (Phi) is 4.87. The number of nitrogens with two attached hydrogens (primary N) is 1. The van der Waals surface area contributed by atoms with Crippen LogP contribution >= 0.6 is 0 Å². The second-order valence-corrected chi connectivity index (χ2v) is 5.74. The fourth-order valence-electron chi connectivity index (χ4n) is 2.16. The van der Waals surface area contributed by atoms with Crippen molar-refractivity contribution in [1.82, 2.24) is 4.90 Å². The minimum atomic E-state index is -4.37. The van der Waals surface area contributed by atoms with E-state index in [-0.39, 0.29) is 18.5 Å². The minimum Gasteiger partial charge on any atom is -0.330 e. The lowest BCUT2D eigenvalue weighted by Gasteiger charge is -2.37. The van der Waals surface area contributed by atoms with Gasteiger partial charge in [-0.25, -0.2) is 0 Å². The van der Waals surface area contributed by atoms with Gasteiger partial charge < -0.3 is 10.6 Å². The highest BCUT2D eigenvalue weighted by Crippen LogP contribution is 2.38. The van der Waals surface area contributed by atoms with Crippen molar-refractivity contribution in [3.05, 3.63) is 0 Å². The van der Waals surface area contributed by atoms with Gasteiger partial charge in [-0.15, -0.1) is 0 Å². The summed E-state index contributed by atoms with van der Waals surface area (Å²) in [4.78, 5) is 13.4. The van der Waals surface area contributed by atoms with Crippen molar-refractivity contribution >= 4 is 5.91 Å². The third-order valence-corrected chi connectivity index (χ3v) is 4.15. The Labute approximate surface area is 112 Å². The fourth-order valence-corrected chi connectivity index (χ4v) is 2.16. The summed E-state index contributed by atoms with van der Waals surface area (Å²) in [5.74, 6) is -0.278. The Balaban J connectivity index is 2.91. The lowest BCUT2D eigenvalue weighted by molar-refractivity contribution is -0.172. The summed E-state index contributed by atoms with van der Waals surface area (Å²) in [7, 11) is 0. The second kappa shape index (κ2) is 5.69. The van der Waals surface area contributed by atoms with Gasteiger partial charge in [-0.3, -0.25) is 4.79 Å². The van der Waals surface area contributed by atoms with Crippen molar-refractivity contribution < 1.29 is 18.0 Å². The Morgan fingerprint density at radius 3 is 2.26 bits per heavy atom. The Hall–Kier alpha value is -0.780. The molecule has 2 unspecified atom stereocenters. The molecule has 2 N–H and O–H groups in total. The number of carbonyl (C=O) groups is 1. The minimum absolute atomic E-state index is 0.0636. The molecule has 0 aromatic carbocycles. The summed E-state index contributed by atoms with van der Waals surface area (Å²) in [6, 6.07) is -0.369. The first kappa shape index (κ1) is 16.3. The van der Waals surface area contributed by atoms with E-state index in [4.69, 9.17) is 5.73 Å². The Morgan fingerprint density at radius 2 is 1.95 bits per heavy atom. The van der Waals surface area contributed by atoms with Crippen LogP contribution in [0.25, 0.3) is 0 Å². The molecule has 1 rings (SSSR count). The van der Waals surface area contributed by atoms with E-state index in [9.17, 15) is 18.0 Å². The third kappa shape index (κ3) is 4.09. The van der Waals surface area contributed by atoms with Gasteiger partial charge in [0, 0.05) is 12.6 Å². The van der Waals surface area contributed by atoms with Crippen LogP contribution in [0.5, 0.6) is 0 Å². The van der Waals surface area contributed by atoms with Crippen molar-refractivity contribution in [2.75, 3.05) is 13.1 Å². The van der Waals surface area contributed by atoms with Gasteiger partial charge in [0.1, 0.15) is 6.54 Å². The molecule has 19 heavy (non-hydrogen) atoms. The molecule has 0 aromatic heterocycles. The first-order valence-corrected chi connectivity index (χ1v) is 6.72. The molecule has 1 saturated carbocycles. The van der Waals surface area contributed by atoms with Crippen LogP contribution in [0.2, 0.25) is 0 Å². The predicted molar refractivity (Wildman–Crippen MR) is 67.4 cm³/mol. The van der Waals surface area contributed by atoms with Crippen molar-refractivity contribution in [2.24, 2.45) is 17.1 Å². The van der Waals surface area contributed by atoms with Crippen LogP contribution in [-0.4, -0.2) is 36.1 Å². The van der Waals surface area contributed by atoms with Crippen molar-refractivity contribution in [3.8, 4) is 0 Å². The van der Waals surface area contributed by atoms with Gasteiger partial charge in [-0.1, -0.05) is 6.92 Å². The zero-order chi connectivity index (χ0) is 14.8. The smallest absolute Gasteiger partial charge is 0.330 e. The summed E-state index contributed by atoms with van der Waals surface area (Å²) in [6.07, 6.45) is -2.14. The lowest BCUT2D eigenvalue weighted by atomic mass is 9.85. The quantitative estimate of drug-likeness (QED) is 0.812. The molecule has 112 valence electrons. The van der Waals surface area contributed by atoms with E-state index in [0.29, 0.717) is 6.42 Å². The van der Waals surface area contributed by atoms with Gasteiger partial charge >= 0.3 is 6.18 Å². The van der Waals surface area contributed by atoms with Gasteiger partial charge in [-0.05, 0) is 39.0 Å². The molecule has 2 atom stereocenters. The normalized spacial score (nSPS) is 20.8. The topological polar surface area (TPSA) is 46.3 Å². The molecule has 6 heteroatoms. The average Bonchev–Trinajstić information content (AvgIpc) is 3.16. The molecule has 1 aliphatic rings. The highest BCUT2D eigenvalue weighted by Gasteiger charge is 2.44. The molecule has 0 heterocycles. The number of amides is 1. The molecule has 1 amide bonds. The summed E-state index contributed by atoms with van der Waals surface area (Å²) in [5, 5.41) is 0. The van der Waals surface area contributed by atoms with Crippen LogP contribution in [0.4, 0.5) is 13.2 Å². The summed E-state index contributed by atoms with van der Waals surface area (Å²) in [6.45, 7) is 4.00. The number of carbonyl (C=O) groups excluding carboxylic acids is 1. The van der Waals surface area contributed by atoms with E-state index in [2.05, 4.69) is 0 Å². The molecule has 0 saturated heterocycles. The molecule has 0 radical (unpaired) electrons. The third-order valence-electron chi connectivity index (χ3n) is 4.15. The number of hydrogen-bond acceptors (Lipinski definition) is 2. The van der Waals surface area contributed by atoms with Crippen LogP contribution in [-0.2, 0) is 4.79 Å². The monoisotopic (exact) mass is 280 g/mol. The molecule has 1 fully saturated rings. The van der Waals surface area contributed by atoms with E-state index in [0.717, 1.165) is 17.7 Å². The highest BCUT2D eigenvalue weighted by molar-refractivity contribution is 5.83. The number of nitrogens with zero attached hydrogens (tertiary/aromatic N) is 1. The van der Waals surface area contributed by atoms with E-state index in [1.165, 1.54) is 0 Å². The largest absolute Gasteiger partial charge is 0.406 e. The molecular weight excluding hydrogens is 257 g/mol. The molecule has 1 aliphatic carbocycles. The number of halogens is 3. The SMILES string of the molecule is CCC(C)(CN)C(=O)N(CC(F)(F)F)C(C)C1CC1. The Morgan fingerprint density at radius 1 is 1.42 bits per heavy atom. The first-order chi connectivity index (χ1) is 8.64. The maximum atomic E-state index is 12.7. The lowest BCUT2D eigenvalue weighted by Crippen LogP contribution is -2.53. The molecule has 0 bridgehead atoms. The number of hydrogen-bond donors (Lipinski definition) is 1. The second-order valence-electron chi connectivity index (χ2n) is 5.74. The van der Waals surface area contributed by atoms with E-state index >= 15 is 0 Å². The molecule has 0 spiro atoms. The van der Waals surface area contributed by atoms with Gasteiger partial charge in [0.25, 0.3) is 0 Å². The zero-order valence-corrected chi connectivity index (χ0v) is 11.8. The van der Waals surface area contributed by atoms with Crippen LogP contribution in [0, 0.1) is 11.3 Å². The first-order valence-electron chi connectivity index (χ1n) is 6.72. The maximum Gasteiger partial charge on any atom is 0.406 e. The molecular formula is C13H23F3N2O. The number of rotatable bonds is 6. The van der Waals surface area contributed by atoms with Gasteiger partial charge in [-0.2, -0.15) is 13.2 Å². The summed E-state index contributed by atoms with van der Waals surface area (Å²) in [5.41, 5.74) is 4.67. The summed E-state index contributed by atoms with van der Waals surface area (Å²) < 4.78 is 38.0. The molecule has 0 aromatic rings. The van der Waals surface area contributed by atoms with Crippen LogP contribution in [0.15, 0.2) is 0 Å². The van der Waals surface area contributed by atoms with Crippen molar-refractivity contribution in [3.63, 3.8) is 0 Å².